The highest BCUT2D eigenvalue weighted by Gasteiger charge is 2.16. The fraction of sp³-hybridized carbons (Fsp3) is 0.571. The van der Waals surface area contributed by atoms with Gasteiger partial charge < -0.3 is 14.7 Å². The number of hydrogen-bond donors (Lipinski definition) is 1. The number of hydrogen-bond acceptors (Lipinski definition) is 3. The molecule has 1 heterocycles. The van der Waals surface area contributed by atoms with Crippen LogP contribution >= 0.6 is 0 Å². The van der Waals surface area contributed by atoms with E-state index in [9.17, 15) is 5.11 Å². The Hall–Kier alpha value is -1.06. The number of ether oxygens (including phenoxy) is 1. The van der Waals surface area contributed by atoms with Crippen LogP contribution in [0.1, 0.15) is 30.6 Å². The van der Waals surface area contributed by atoms with Gasteiger partial charge in [-0.05, 0) is 37.0 Å². The van der Waals surface area contributed by atoms with Gasteiger partial charge in [0.1, 0.15) is 6.10 Å². The minimum atomic E-state index is -0.507. The zero-order valence-corrected chi connectivity index (χ0v) is 10.6. The van der Waals surface area contributed by atoms with Crippen LogP contribution in [0.25, 0.3) is 0 Å². The Morgan fingerprint density at radius 1 is 1.47 bits per heavy atom. The van der Waals surface area contributed by atoms with Crippen LogP contribution in [0.3, 0.4) is 0 Å². The van der Waals surface area contributed by atoms with Crippen LogP contribution in [-0.2, 0) is 11.2 Å². The number of rotatable bonds is 4. The molecule has 0 aliphatic carbocycles. The smallest absolute Gasteiger partial charge is 0.102 e. The number of fused-ring (bicyclic) bond motifs is 1. The Bertz CT molecular complexity index is 378. The summed E-state index contributed by atoms with van der Waals surface area (Å²) in [6.07, 6.45) is 1.79. The lowest BCUT2D eigenvalue weighted by molar-refractivity contribution is 0.0420. The normalized spacial score (nSPS) is 16.8. The molecule has 0 saturated heterocycles. The molecule has 3 nitrogen and oxygen atoms in total. The second kappa shape index (κ2) is 5.52. The highest BCUT2D eigenvalue weighted by molar-refractivity contribution is 5.56. The van der Waals surface area contributed by atoms with Gasteiger partial charge in [0.15, 0.2) is 0 Å². The molecule has 17 heavy (non-hydrogen) atoms. The molecular formula is C14H21NO2. The number of aryl methyl sites for hydroxylation is 1. The molecule has 1 aromatic rings. The van der Waals surface area contributed by atoms with Crippen molar-refractivity contribution in [2.24, 2.45) is 0 Å². The first kappa shape index (κ1) is 12.4. The highest BCUT2D eigenvalue weighted by atomic mass is 16.5. The van der Waals surface area contributed by atoms with Crippen molar-refractivity contribution >= 4 is 5.69 Å². The van der Waals surface area contributed by atoms with Gasteiger partial charge in [-0.25, -0.2) is 0 Å². The third kappa shape index (κ3) is 2.79. The topological polar surface area (TPSA) is 32.7 Å². The van der Waals surface area contributed by atoms with Crippen molar-refractivity contribution in [2.75, 3.05) is 31.7 Å². The van der Waals surface area contributed by atoms with Gasteiger partial charge in [0.2, 0.25) is 0 Å². The van der Waals surface area contributed by atoms with Gasteiger partial charge >= 0.3 is 0 Å². The minimum Gasteiger partial charge on any atom is -0.386 e. The van der Waals surface area contributed by atoms with E-state index < -0.39 is 6.10 Å². The van der Waals surface area contributed by atoms with E-state index in [-0.39, 0.29) is 0 Å². The van der Waals surface area contributed by atoms with Gasteiger partial charge in [-0.15, -0.1) is 0 Å². The summed E-state index contributed by atoms with van der Waals surface area (Å²) in [4.78, 5) is 2.28. The number of benzene rings is 1. The van der Waals surface area contributed by atoms with E-state index in [1.165, 1.54) is 17.7 Å². The largest absolute Gasteiger partial charge is 0.386 e. The Morgan fingerprint density at radius 2 is 2.29 bits per heavy atom. The van der Waals surface area contributed by atoms with Gasteiger partial charge in [0, 0.05) is 25.9 Å². The van der Waals surface area contributed by atoms with E-state index in [1.54, 1.807) is 0 Å². The standard InChI is InChI=1S/C14H21NO2/c1-3-17-10-14(16)12-6-7-13-11(9-12)5-4-8-15(13)2/h6-7,9,14,16H,3-5,8,10H2,1-2H3. The van der Waals surface area contributed by atoms with Gasteiger partial charge in [0.25, 0.3) is 0 Å². The van der Waals surface area contributed by atoms with Crippen LogP contribution in [0.5, 0.6) is 0 Å². The van der Waals surface area contributed by atoms with Crippen LogP contribution in [0, 0.1) is 0 Å². The summed E-state index contributed by atoms with van der Waals surface area (Å²) in [5, 5.41) is 9.98. The molecule has 0 bridgehead atoms. The Morgan fingerprint density at radius 3 is 3.06 bits per heavy atom. The van der Waals surface area contributed by atoms with Crippen LogP contribution in [-0.4, -0.2) is 31.9 Å². The molecule has 0 radical (unpaired) electrons. The van der Waals surface area contributed by atoms with Crippen molar-refractivity contribution < 1.29 is 9.84 Å². The Labute approximate surface area is 103 Å². The molecule has 1 unspecified atom stereocenters. The third-order valence-electron chi connectivity index (χ3n) is 3.32. The zero-order chi connectivity index (χ0) is 12.3. The molecule has 0 fully saturated rings. The molecule has 1 atom stereocenters. The van der Waals surface area contributed by atoms with Crippen LogP contribution in [0.2, 0.25) is 0 Å². The molecule has 1 aromatic carbocycles. The summed E-state index contributed by atoms with van der Waals surface area (Å²) in [7, 11) is 2.12. The zero-order valence-electron chi connectivity index (χ0n) is 10.6. The quantitative estimate of drug-likeness (QED) is 0.868. The minimum absolute atomic E-state index is 0.380. The predicted molar refractivity (Wildman–Crippen MR) is 69.5 cm³/mol. The molecule has 1 aliphatic rings. The first-order valence-electron chi connectivity index (χ1n) is 6.32. The van der Waals surface area contributed by atoms with Gasteiger partial charge in [0.05, 0.1) is 6.61 Å². The van der Waals surface area contributed by atoms with Crippen LogP contribution < -0.4 is 4.90 Å². The van der Waals surface area contributed by atoms with E-state index in [4.69, 9.17) is 4.74 Å². The van der Waals surface area contributed by atoms with Crippen molar-refractivity contribution in [1.29, 1.82) is 0 Å². The van der Waals surface area contributed by atoms with Crippen LogP contribution in [0.4, 0.5) is 5.69 Å². The summed E-state index contributed by atoms with van der Waals surface area (Å²) in [6, 6.07) is 6.23. The molecule has 94 valence electrons. The summed E-state index contributed by atoms with van der Waals surface area (Å²) in [5.41, 5.74) is 3.60. The molecule has 1 aliphatic heterocycles. The maximum Gasteiger partial charge on any atom is 0.102 e. The van der Waals surface area contributed by atoms with E-state index in [0.717, 1.165) is 18.5 Å². The number of anilines is 1. The van der Waals surface area contributed by atoms with Gasteiger partial charge in [-0.3, -0.25) is 0 Å². The fourth-order valence-electron chi connectivity index (χ4n) is 2.34. The monoisotopic (exact) mass is 235 g/mol. The van der Waals surface area contributed by atoms with Crippen molar-refractivity contribution in [2.45, 2.75) is 25.9 Å². The fourth-order valence-corrected chi connectivity index (χ4v) is 2.34. The highest BCUT2D eigenvalue weighted by Crippen LogP contribution is 2.28. The van der Waals surface area contributed by atoms with E-state index >= 15 is 0 Å². The van der Waals surface area contributed by atoms with Gasteiger partial charge in [-0.2, -0.15) is 0 Å². The average Bonchev–Trinajstić information content (AvgIpc) is 2.36. The average molecular weight is 235 g/mol. The number of nitrogens with zero attached hydrogens (tertiary/aromatic N) is 1. The first-order valence-corrected chi connectivity index (χ1v) is 6.32. The van der Waals surface area contributed by atoms with E-state index in [1.807, 2.05) is 13.0 Å². The lowest BCUT2D eigenvalue weighted by Gasteiger charge is -2.28. The summed E-state index contributed by atoms with van der Waals surface area (Å²) in [6.45, 7) is 4.08. The van der Waals surface area contributed by atoms with Crippen molar-refractivity contribution in [3.05, 3.63) is 29.3 Å². The van der Waals surface area contributed by atoms with Crippen molar-refractivity contribution in [3.63, 3.8) is 0 Å². The van der Waals surface area contributed by atoms with Crippen LogP contribution in [0.15, 0.2) is 18.2 Å². The number of aliphatic hydroxyl groups excluding tert-OH is 1. The Balaban J connectivity index is 2.15. The van der Waals surface area contributed by atoms with E-state index in [2.05, 4.69) is 24.1 Å². The van der Waals surface area contributed by atoms with Crippen molar-refractivity contribution in [3.8, 4) is 0 Å². The molecule has 0 saturated carbocycles. The molecule has 0 spiro atoms. The molecule has 0 amide bonds. The molecule has 3 heteroatoms. The SMILES string of the molecule is CCOCC(O)c1ccc2c(c1)CCCN2C. The lowest BCUT2D eigenvalue weighted by Crippen LogP contribution is -2.24. The maximum atomic E-state index is 9.98. The molecule has 0 aromatic heterocycles. The summed E-state index contributed by atoms with van der Waals surface area (Å²) in [5.74, 6) is 0. The molecule has 2 rings (SSSR count). The third-order valence-corrected chi connectivity index (χ3v) is 3.32. The van der Waals surface area contributed by atoms with Gasteiger partial charge in [-0.1, -0.05) is 12.1 Å². The second-order valence-corrected chi connectivity index (χ2v) is 4.59. The van der Waals surface area contributed by atoms with E-state index in [0.29, 0.717) is 13.2 Å². The molecule has 1 N–H and O–H groups in total. The predicted octanol–water partition coefficient (Wildman–Crippen LogP) is 2.14. The second-order valence-electron chi connectivity index (χ2n) is 4.59. The summed E-state index contributed by atoms with van der Waals surface area (Å²) < 4.78 is 5.25. The molecular weight excluding hydrogens is 214 g/mol. The number of aliphatic hydroxyl groups is 1. The van der Waals surface area contributed by atoms with Crippen molar-refractivity contribution in [1.82, 2.24) is 0 Å². The summed E-state index contributed by atoms with van der Waals surface area (Å²) >= 11 is 0. The first-order chi connectivity index (χ1) is 8.22. The maximum absolute atomic E-state index is 9.98. The Kier molecular flexibility index (Phi) is 4.02. The lowest BCUT2D eigenvalue weighted by atomic mass is 9.98.